The van der Waals surface area contributed by atoms with Crippen molar-refractivity contribution in [2.75, 3.05) is 18.0 Å². The topological polar surface area (TPSA) is 33.1 Å². The molecule has 2 unspecified atom stereocenters. The number of aromatic nitrogens is 2. The van der Waals surface area contributed by atoms with Crippen LogP contribution in [0.25, 0.3) is 0 Å². The SMILES string of the molecule is CC(C)C1CN(c2cnn(C)c2)C(C)CN1. The summed E-state index contributed by atoms with van der Waals surface area (Å²) in [5, 5.41) is 7.86. The third-order valence-corrected chi connectivity index (χ3v) is 3.43. The van der Waals surface area contributed by atoms with Crippen molar-refractivity contribution in [3.8, 4) is 0 Å². The van der Waals surface area contributed by atoms with Crippen molar-refractivity contribution in [3.63, 3.8) is 0 Å². The van der Waals surface area contributed by atoms with E-state index in [-0.39, 0.29) is 0 Å². The van der Waals surface area contributed by atoms with E-state index in [4.69, 9.17) is 0 Å². The fourth-order valence-electron chi connectivity index (χ4n) is 2.25. The molecule has 1 aromatic heterocycles. The summed E-state index contributed by atoms with van der Waals surface area (Å²) in [5.41, 5.74) is 1.24. The Morgan fingerprint density at radius 3 is 2.81 bits per heavy atom. The molecular formula is C12H22N4. The maximum absolute atomic E-state index is 4.25. The molecule has 4 nitrogen and oxygen atoms in total. The summed E-state index contributed by atoms with van der Waals surface area (Å²) >= 11 is 0. The quantitative estimate of drug-likeness (QED) is 0.817. The Kier molecular flexibility index (Phi) is 3.19. The van der Waals surface area contributed by atoms with Crippen molar-refractivity contribution in [2.24, 2.45) is 13.0 Å². The monoisotopic (exact) mass is 222 g/mol. The van der Waals surface area contributed by atoms with Crippen LogP contribution in [0.1, 0.15) is 20.8 Å². The molecule has 1 fully saturated rings. The first-order valence-electron chi connectivity index (χ1n) is 6.06. The molecule has 0 radical (unpaired) electrons. The van der Waals surface area contributed by atoms with E-state index in [1.54, 1.807) is 0 Å². The van der Waals surface area contributed by atoms with Gasteiger partial charge >= 0.3 is 0 Å². The minimum Gasteiger partial charge on any atom is -0.363 e. The Hall–Kier alpha value is -1.03. The molecule has 0 amide bonds. The number of hydrogen-bond acceptors (Lipinski definition) is 3. The van der Waals surface area contributed by atoms with Gasteiger partial charge in [-0.05, 0) is 12.8 Å². The Bertz CT molecular complexity index is 345. The summed E-state index contributed by atoms with van der Waals surface area (Å²) in [6, 6.07) is 1.12. The van der Waals surface area contributed by atoms with E-state index in [2.05, 4.69) is 42.3 Å². The Morgan fingerprint density at radius 2 is 2.25 bits per heavy atom. The highest BCUT2D eigenvalue weighted by molar-refractivity contribution is 5.44. The van der Waals surface area contributed by atoms with Crippen LogP contribution >= 0.6 is 0 Å². The molecule has 1 aliphatic rings. The van der Waals surface area contributed by atoms with Crippen molar-refractivity contribution >= 4 is 5.69 Å². The van der Waals surface area contributed by atoms with Crippen molar-refractivity contribution in [2.45, 2.75) is 32.9 Å². The minimum absolute atomic E-state index is 0.541. The highest BCUT2D eigenvalue weighted by atomic mass is 15.3. The third kappa shape index (κ3) is 2.21. The number of anilines is 1. The first-order chi connectivity index (χ1) is 7.58. The zero-order valence-corrected chi connectivity index (χ0v) is 10.6. The molecule has 1 aliphatic heterocycles. The van der Waals surface area contributed by atoms with Crippen LogP contribution in [0.5, 0.6) is 0 Å². The molecule has 4 heteroatoms. The van der Waals surface area contributed by atoms with Crippen LogP contribution in [0.4, 0.5) is 5.69 Å². The van der Waals surface area contributed by atoms with E-state index in [1.807, 2.05) is 17.9 Å². The van der Waals surface area contributed by atoms with Gasteiger partial charge in [0.05, 0.1) is 11.9 Å². The second-order valence-corrected chi connectivity index (χ2v) is 5.13. The molecule has 1 N–H and O–H groups in total. The maximum atomic E-state index is 4.25. The molecule has 0 bridgehead atoms. The van der Waals surface area contributed by atoms with Gasteiger partial charge in [0.1, 0.15) is 0 Å². The van der Waals surface area contributed by atoms with Crippen molar-refractivity contribution < 1.29 is 0 Å². The maximum Gasteiger partial charge on any atom is 0.0755 e. The highest BCUT2D eigenvalue weighted by Gasteiger charge is 2.27. The van der Waals surface area contributed by atoms with Gasteiger partial charge in [0, 0.05) is 38.4 Å². The molecule has 0 saturated carbocycles. The summed E-state index contributed by atoms with van der Waals surface area (Å²) in [7, 11) is 1.97. The summed E-state index contributed by atoms with van der Waals surface area (Å²) in [4.78, 5) is 2.45. The minimum atomic E-state index is 0.541. The van der Waals surface area contributed by atoms with Gasteiger partial charge in [-0.2, -0.15) is 5.10 Å². The van der Waals surface area contributed by atoms with Crippen LogP contribution in [0.15, 0.2) is 12.4 Å². The lowest BCUT2D eigenvalue weighted by Crippen LogP contribution is -2.57. The van der Waals surface area contributed by atoms with Gasteiger partial charge in [0.25, 0.3) is 0 Å². The van der Waals surface area contributed by atoms with E-state index in [1.165, 1.54) is 5.69 Å². The summed E-state index contributed by atoms with van der Waals surface area (Å²) in [5.74, 6) is 0.673. The molecule has 0 spiro atoms. The lowest BCUT2D eigenvalue weighted by molar-refractivity contribution is 0.337. The second kappa shape index (κ2) is 4.45. The van der Waals surface area contributed by atoms with E-state index in [9.17, 15) is 0 Å². The number of piperazine rings is 1. The Balaban J connectivity index is 2.12. The fourth-order valence-corrected chi connectivity index (χ4v) is 2.25. The van der Waals surface area contributed by atoms with Gasteiger partial charge in [-0.15, -0.1) is 0 Å². The molecular weight excluding hydrogens is 200 g/mol. The average molecular weight is 222 g/mol. The van der Waals surface area contributed by atoms with E-state index >= 15 is 0 Å². The molecule has 90 valence electrons. The van der Waals surface area contributed by atoms with Gasteiger partial charge in [0.2, 0.25) is 0 Å². The van der Waals surface area contributed by atoms with Gasteiger partial charge in [-0.25, -0.2) is 0 Å². The van der Waals surface area contributed by atoms with Crippen LogP contribution < -0.4 is 10.2 Å². The van der Waals surface area contributed by atoms with Gasteiger partial charge in [-0.1, -0.05) is 13.8 Å². The van der Waals surface area contributed by atoms with E-state index in [0.29, 0.717) is 18.0 Å². The zero-order chi connectivity index (χ0) is 11.7. The Labute approximate surface area is 97.6 Å². The van der Waals surface area contributed by atoms with Crippen LogP contribution in [0.3, 0.4) is 0 Å². The lowest BCUT2D eigenvalue weighted by Gasteiger charge is -2.41. The smallest absolute Gasteiger partial charge is 0.0755 e. The average Bonchev–Trinajstić information content (AvgIpc) is 2.65. The van der Waals surface area contributed by atoms with Crippen molar-refractivity contribution in [1.29, 1.82) is 0 Å². The standard InChI is InChI=1S/C12H22N4/c1-9(2)12-8-16(10(3)5-13-12)11-6-14-15(4)7-11/h6-7,9-10,12-13H,5,8H2,1-4H3. The van der Waals surface area contributed by atoms with Crippen molar-refractivity contribution in [3.05, 3.63) is 12.4 Å². The van der Waals surface area contributed by atoms with Crippen LogP contribution in [-0.4, -0.2) is 35.0 Å². The molecule has 16 heavy (non-hydrogen) atoms. The molecule has 2 heterocycles. The van der Waals surface area contributed by atoms with Gasteiger partial charge in [0.15, 0.2) is 0 Å². The first kappa shape index (κ1) is 11.5. The summed E-state index contributed by atoms with van der Waals surface area (Å²) in [6.07, 6.45) is 4.05. The predicted molar refractivity (Wildman–Crippen MR) is 66.6 cm³/mol. The van der Waals surface area contributed by atoms with Crippen LogP contribution in [0, 0.1) is 5.92 Å². The zero-order valence-electron chi connectivity index (χ0n) is 10.6. The predicted octanol–water partition coefficient (Wildman–Crippen LogP) is 1.24. The molecule has 0 aromatic carbocycles. The summed E-state index contributed by atoms with van der Waals surface area (Å²) < 4.78 is 1.87. The number of nitrogens with zero attached hydrogens (tertiary/aromatic N) is 3. The molecule has 2 rings (SSSR count). The van der Waals surface area contributed by atoms with Crippen molar-refractivity contribution in [1.82, 2.24) is 15.1 Å². The van der Waals surface area contributed by atoms with Crippen LogP contribution in [-0.2, 0) is 7.05 Å². The Morgan fingerprint density at radius 1 is 1.50 bits per heavy atom. The normalized spacial score (nSPS) is 26.4. The molecule has 1 saturated heterocycles. The van der Waals surface area contributed by atoms with Crippen LogP contribution in [0.2, 0.25) is 0 Å². The second-order valence-electron chi connectivity index (χ2n) is 5.13. The largest absolute Gasteiger partial charge is 0.363 e. The summed E-state index contributed by atoms with van der Waals surface area (Å²) in [6.45, 7) is 8.93. The number of nitrogens with one attached hydrogen (secondary N) is 1. The molecule has 0 aliphatic carbocycles. The number of hydrogen-bond donors (Lipinski definition) is 1. The molecule has 2 atom stereocenters. The number of rotatable bonds is 2. The molecule has 1 aromatic rings. The first-order valence-corrected chi connectivity index (χ1v) is 6.06. The fraction of sp³-hybridized carbons (Fsp3) is 0.750. The van der Waals surface area contributed by atoms with E-state index < -0.39 is 0 Å². The third-order valence-electron chi connectivity index (χ3n) is 3.43. The van der Waals surface area contributed by atoms with Gasteiger partial charge < -0.3 is 10.2 Å². The lowest BCUT2D eigenvalue weighted by atomic mass is 9.99. The van der Waals surface area contributed by atoms with E-state index in [0.717, 1.165) is 13.1 Å². The highest BCUT2D eigenvalue weighted by Crippen LogP contribution is 2.20. The number of aryl methyl sites for hydroxylation is 1. The van der Waals surface area contributed by atoms with Gasteiger partial charge in [-0.3, -0.25) is 4.68 Å².